The molecule has 5 nitrogen and oxygen atoms in total. The van der Waals surface area contributed by atoms with Gasteiger partial charge in [-0.1, -0.05) is 0 Å². The molecule has 0 N–H and O–H groups in total. The van der Waals surface area contributed by atoms with Crippen LogP contribution in [0.4, 0.5) is 4.39 Å². The number of carbonyl (C=O) groups excluding carboxylic acids is 2. The Hall–Kier alpha value is -3.15. The van der Waals surface area contributed by atoms with Crippen molar-refractivity contribution in [1.29, 1.82) is 0 Å². The molecular weight excluding hydrogens is 339 g/mol. The van der Waals surface area contributed by atoms with Crippen LogP contribution in [-0.2, 0) is 9.53 Å². The molecule has 0 saturated carbocycles. The lowest BCUT2D eigenvalue weighted by molar-refractivity contribution is -0.140. The first-order chi connectivity index (χ1) is 12.4. The van der Waals surface area contributed by atoms with Gasteiger partial charge in [-0.2, -0.15) is 0 Å². The van der Waals surface area contributed by atoms with E-state index in [0.717, 1.165) is 0 Å². The largest absolute Gasteiger partial charge is 0.497 e. The molecule has 0 aliphatic heterocycles. The number of benzene rings is 2. The van der Waals surface area contributed by atoms with E-state index in [1.54, 1.807) is 18.2 Å². The molecule has 2 rings (SSSR count). The third-order valence-electron chi connectivity index (χ3n) is 3.63. The van der Waals surface area contributed by atoms with Gasteiger partial charge in [-0.15, -0.1) is 0 Å². The molecule has 0 aromatic heterocycles. The van der Waals surface area contributed by atoms with Crippen molar-refractivity contribution >= 4 is 17.8 Å². The molecule has 0 amide bonds. The highest BCUT2D eigenvalue weighted by Crippen LogP contribution is 2.25. The first-order valence-electron chi connectivity index (χ1n) is 7.85. The van der Waals surface area contributed by atoms with E-state index in [1.165, 1.54) is 57.6 Å². The van der Waals surface area contributed by atoms with Crippen LogP contribution in [0.3, 0.4) is 0 Å². The first kappa shape index (κ1) is 19.2. The second kappa shape index (κ2) is 8.80. The Balaban J connectivity index is 2.04. The summed E-state index contributed by atoms with van der Waals surface area (Å²) in [6.45, 7) is 1.46. The van der Waals surface area contributed by atoms with Gasteiger partial charge in [0.05, 0.1) is 14.2 Å². The van der Waals surface area contributed by atoms with E-state index in [0.29, 0.717) is 17.1 Å². The van der Waals surface area contributed by atoms with Crippen LogP contribution in [0.15, 0.2) is 48.5 Å². The maximum absolute atomic E-state index is 12.9. The lowest BCUT2D eigenvalue weighted by Crippen LogP contribution is -2.23. The Morgan fingerprint density at radius 1 is 1.04 bits per heavy atom. The first-order valence-corrected chi connectivity index (χ1v) is 7.85. The molecule has 0 radical (unpaired) electrons. The van der Waals surface area contributed by atoms with Gasteiger partial charge in [0, 0.05) is 17.2 Å². The highest BCUT2D eigenvalue weighted by molar-refractivity contribution is 6.01. The van der Waals surface area contributed by atoms with Gasteiger partial charge in [-0.3, -0.25) is 4.79 Å². The summed E-state index contributed by atoms with van der Waals surface area (Å²) in [5, 5.41) is 0. The van der Waals surface area contributed by atoms with Crippen molar-refractivity contribution in [3.8, 4) is 11.5 Å². The molecule has 0 spiro atoms. The fraction of sp³-hybridized carbons (Fsp3) is 0.200. The van der Waals surface area contributed by atoms with Crippen LogP contribution in [0.2, 0.25) is 0 Å². The zero-order valence-electron chi connectivity index (χ0n) is 14.7. The van der Waals surface area contributed by atoms with Crippen molar-refractivity contribution in [3.63, 3.8) is 0 Å². The van der Waals surface area contributed by atoms with Gasteiger partial charge in [0.15, 0.2) is 6.10 Å². The lowest BCUT2D eigenvalue weighted by atomic mass is 10.1. The molecule has 0 fully saturated rings. The van der Waals surface area contributed by atoms with E-state index < -0.39 is 23.7 Å². The van der Waals surface area contributed by atoms with Crippen molar-refractivity contribution in [2.45, 2.75) is 13.0 Å². The summed E-state index contributed by atoms with van der Waals surface area (Å²) in [5.74, 6) is -0.367. The number of hydrogen-bond acceptors (Lipinski definition) is 5. The number of ether oxygens (including phenoxy) is 3. The van der Waals surface area contributed by atoms with E-state index in [4.69, 9.17) is 14.2 Å². The Morgan fingerprint density at radius 2 is 1.73 bits per heavy atom. The molecule has 0 unspecified atom stereocenters. The normalized spacial score (nSPS) is 11.8. The summed E-state index contributed by atoms with van der Waals surface area (Å²) in [5.41, 5.74) is 0.895. The number of rotatable bonds is 7. The highest BCUT2D eigenvalue weighted by Gasteiger charge is 2.18. The van der Waals surface area contributed by atoms with Gasteiger partial charge in [-0.05, 0) is 55.5 Å². The van der Waals surface area contributed by atoms with Gasteiger partial charge in [-0.25, -0.2) is 9.18 Å². The molecule has 0 bridgehead atoms. The lowest BCUT2D eigenvalue weighted by Gasteiger charge is -2.11. The van der Waals surface area contributed by atoms with Gasteiger partial charge >= 0.3 is 5.97 Å². The predicted molar refractivity (Wildman–Crippen MR) is 94.9 cm³/mol. The van der Waals surface area contributed by atoms with E-state index in [2.05, 4.69) is 0 Å². The monoisotopic (exact) mass is 358 g/mol. The standard InChI is InChI=1S/C20H19FO5/c1-13(20(23)14-4-7-16(21)8-5-14)26-19(22)11-6-15-12-17(24-2)9-10-18(15)25-3/h4-13H,1-3H3/b11-6+/t13-/m0/s1. The van der Waals surface area contributed by atoms with E-state index in [1.807, 2.05) is 0 Å². The third-order valence-corrected chi connectivity index (χ3v) is 3.63. The van der Waals surface area contributed by atoms with Crippen molar-refractivity contribution in [2.24, 2.45) is 0 Å². The summed E-state index contributed by atoms with van der Waals surface area (Å²) in [6, 6.07) is 10.2. The van der Waals surface area contributed by atoms with Crippen LogP contribution in [0.5, 0.6) is 11.5 Å². The van der Waals surface area contributed by atoms with Gasteiger partial charge in [0.25, 0.3) is 0 Å². The Bertz CT molecular complexity index is 811. The van der Waals surface area contributed by atoms with Crippen molar-refractivity contribution in [3.05, 3.63) is 65.5 Å². The number of Topliss-reactive ketones (excluding diaryl/α,β-unsaturated/α-hetero) is 1. The SMILES string of the molecule is COc1ccc(OC)c(/C=C/C(=O)O[C@@H](C)C(=O)c2ccc(F)cc2)c1. The molecule has 2 aromatic carbocycles. The fourth-order valence-electron chi connectivity index (χ4n) is 2.24. The smallest absolute Gasteiger partial charge is 0.331 e. The van der Waals surface area contributed by atoms with Crippen LogP contribution in [0.1, 0.15) is 22.8 Å². The topological polar surface area (TPSA) is 61.8 Å². The molecule has 0 saturated heterocycles. The molecule has 0 aliphatic rings. The van der Waals surface area contributed by atoms with Crippen molar-refractivity contribution in [1.82, 2.24) is 0 Å². The number of esters is 1. The third kappa shape index (κ3) is 4.92. The second-order valence-electron chi connectivity index (χ2n) is 5.39. The minimum atomic E-state index is -0.996. The molecule has 0 heterocycles. The van der Waals surface area contributed by atoms with Crippen LogP contribution in [0.25, 0.3) is 6.08 Å². The second-order valence-corrected chi connectivity index (χ2v) is 5.39. The molecule has 26 heavy (non-hydrogen) atoms. The van der Waals surface area contributed by atoms with Crippen molar-refractivity contribution in [2.75, 3.05) is 14.2 Å². The maximum atomic E-state index is 12.9. The molecular formula is C20H19FO5. The highest BCUT2D eigenvalue weighted by atomic mass is 19.1. The number of methoxy groups -OCH3 is 2. The number of halogens is 1. The summed E-state index contributed by atoms with van der Waals surface area (Å²) in [7, 11) is 3.05. The summed E-state index contributed by atoms with van der Waals surface area (Å²) >= 11 is 0. The molecule has 0 aliphatic carbocycles. The average molecular weight is 358 g/mol. The minimum absolute atomic E-state index is 0.269. The zero-order chi connectivity index (χ0) is 19.1. The number of hydrogen-bond donors (Lipinski definition) is 0. The van der Waals surface area contributed by atoms with Crippen LogP contribution >= 0.6 is 0 Å². The van der Waals surface area contributed by atoms with Crippen LogP contribution < -0.4 is 9.47 Å². The van der Waals surface area contributed by atoms with Crippen LogP contribution in [-0.4, -0.2) is 32.1 Å². The average Bonchev–Trinajstić information content (AvgIpc) is 2.66. The minimum Gasteiger partial charge on any atom is -0.497 e. The van der Waals surface area contributed by atoms with Gasteiger partial charge in [0.1, 0.15) is 17.3 Å². The van der Waals surface area contributed by atoms with Crippen LogP contribution in [0, 0.1) is 5.82 Å². The predicted octanol–water partition coefficient (Wildman–Crippen LogP) is 3.67. The van der Waals surface area contributed by atoms with Gasteiger partial charge < -0.3 is 14.2 Å². The fourth-order valence-corrected chi connectivity index (χ4v) is 2.24. The van der Waals surface area contributed by atoms with Crippen molar-refractivity contribution < 1.29 is 28.2 Å². The van der Waals surface area contributed by atoms with Gasteiger partial charge in [0.2, 0.25) is 5.78 Å². The summed E-state index contributed by atoms with van der Waals surface area (Å²) in [6.07, 6.45) is 1.72. The van der Waals surface area contributed by atoms with E-state index in [9.17, 15) is 14.0 Å². The molecule has 2 aromatic rings. The maximum Gasteiger partial charge on any atom is 0.331 e. The molecule has 6 heteroatoms. The number of ketones is 1. The van der Waals surface area contributed by atoms with E-state index in [-0.39, 0.29) is 5.56 Å². The summed E-state index contributed by atoms with van der Waals surface area (Å²) in [4.78, 5) is 24.2. The Morgan fingerprint density at radius 3 is 2.35 bits per heavy atom. The quantitative estimate of drug-likeness (QED) is 0.429. The molecule has 1 atom stereocenters. The Kier molecular flexibility index (Phi) is 6.49. The summed E-state index contributed by atoms with van der Waals surface area (Å²) < 4.78 is 28.4. The molecule has 136 valence electrons. The Labute approximate surface area is 151 Å². The van der Waals surface area contributed by atoms with E-state index >= 15 is 0 Å². The number of carbonyl (C=O) groups is 2. The zero-order valence-corrected chi connectivity index (χ0v) is 14.7.